The molecular formula is C10H14O5S2. The molecule has 0 amide bonds. The summed E-state index contributed by atoms with van der Waals surface area (Å²) in [6.07, 6.45) is 0.411. The van der Waals surface area contributed by atoms with E-state index in [2.05, 4.69) is 0 Å². The van der Waals surface area contributed by atoms with Crippen molar-refractivity contribution in [2.75, 3.05) is 18.1 Å². The first-order valence-electron chi connectivity index (χ1n) is 5.09. The highest BCUT2D eigenvalue weighted by atomic mass is 32.2. The SMILES string of the molecule is CCS(=O)(=O)CCCOc1csc(C(=O)O)c1. The van der Waals surface area contributed by atoms with E-state index in [0.29, 0.717) is 12.2 Å². The van der Waals surface area contributed by atoms with Crippen LogP contribution in [0.3, 0.4) is 0 Å². The maximum Gasteiger partial charge on any atom is 0.346 e. The van der Waals surface area contributed by atoms with E-state index < -0.39 is 15.8 Å². The standard InChI is InChI=1S/C10H14O5S2/c1-2-17(13,14)5-3-4-15-8-6-9(10(11)12)16-7-8/h6-7H,2-5H2,1H3,(H,11,12). The van der Waals surface area contributed by atoms with Crippen LogP contribution in [0.1, 0.15) is 23.0 Å². The molecule has 0 radical (unpaired) electrons. The molecule has 0 aliphatic carbocycles. The van der Waals surface area contributed by atoms with Crippen molar-refractivity contribution >= 4 is 27.1 Å². The number of hydrogen-bond acceptors (Lipinski definition) is 5. The van der Waals surface area contributed by atoms with Crippen molar-refractivity contribution in [3.63, 3.8) is 0 Å². The number of thiophene rings is 1. The van der Waals surface area contributed by atoms with Gasteiger partial charge in [-0.3, -0.25) is 0 Å². The number of carbonyl (C=O) groups is 1. The molecule has 17 heavy (non-hydrogen) atoms. The molecule has 0 bridgehead atoms. The molecule has 0 aromatic carbocycles. The van der Waals surface area contributed by atoms with E-state index in [4.69, 9.17) is 9.84 Å². The monoisotopic (exact) mass is 278 g/mol. The van der Waals surface area contributed by atoms with Crippen molar-refractivity contribution in [2.24, 2.45) is 0 Å². The third-order valence-electron chi connectivity index (χ3n) is 2.09. The predicted molar refractivity (Wildman–Crippen MR) is 65.7 cm³/mol. The molecule has 1 N–H and O–H groups in total. The molecule has 0 saturated heterocycles. The van der Waals surface area contributed by atoms with Gasteiger partial charge in [0.25, 0.3) is 0 Å². The minimum absolute atomic E-state index is 0.0967. The Labute approximate surface area is 104 Å². The lowest BCUT2D eigenvalue weighted by Crippen LogP contribution is -2.11. The van der Waals surface area contributed by atoms with Crippen molar-refractivity contribution in [3.05, 3.63) is 16.3 Å². The van der Waals surface area contributed by atoms with Crippen LogP contribution in [0.2, 0.25) is 0 Å². The Hall–Kier alpha value is -1.08. The molecule has 1 rings (SSSR count). The average Bonchev–Trinajstić information content (AvgIpc) is 2.73. The van der Waals surface area contributed by atoms with E-state index in [-0.39, 0.29) is 23.0 Å². The minimum Gasteiger partial charge on any atom is -0.493 e. The van der Waals surface area contributed by atoms with E-state index >= 15 is 0 Å². The summed E-state index contributed by atoms with van der Waals surface area (Å²) < 4.78 is 27.6. The fraction of sp³-hybridized carbons (Fsp3) is 0.500. The van der Waals surface area contributed by atoms with Crippen LogP contribution in [-0.4, -0.2) is 37.6 Å². The third-order valence-corrected chi connectivity index (χ3v) is 4.78. The Morgan fingerprint density at radius 3 is 2.76 bits per heavy atom. The quantitative estimate of drug-likeness (QED) is 0.767. The van der Waals surface area contributed by atoms with Gasteiger partial charge in [-0.15, -0.1) is 11.3 Å². The van der Waals surface area contributed by atoms with Crippen LogP contribution >= 0.6 is 11.3 Å². The van der Waals surface area contributed by atoms with Crippen molar-refractivity contribution in [2.45, 2.75) is 13.3 Å². The lowest BCUT2D eigenvalue weighted by Gasteiger charge is -2.03. The van der Waals surface area contributed by atoms with Gasteiger partial charge < -0.3 is 9.84 Å². The highest BCUT2D eigenvalue weighted by molar-refractivity contribution is 7.91. The summed E-state index contributed by atoms with van der Waals surface area (Å²) in [5.41, 5.74) is 0. The third kappa shape index (κ3) is 4.74. The molecule has 7 heteroatoms. The van der Waals surface area contributed by atoms with Crippen molar-refractivity contribution in [3.8, 4) is 5.75 Å². The highest BCUT2D eigenvalue weighted by Crippen LogP contribution is 2.21. The van der Waals surface area contributed by atoms with Gasteiger partial charge in [-0.1, -0.05) is 6.92 Å². The van der Waals surface area contributed by atoms with Crippen LogP contribution < -0.4 is 4.74 Å². The van der Waals surface area contributed by atoms with Crippen molar-refractivity contribution < 1.29 is 23.1 Å². The Kier molecular flexibility index (Phi) is 4.95. The molecule has 96 valence electrons. The van der Waals surface area contributed by atoms with E-state index in [1.807, 2.05) is 0 Å². The van der Waals surface area contributed by atoms with Crippen LogP contribution in [0.5, 0.6) is 5.75 Å². The topological polar surface area (TPSA) is 80.7 Å². The summed E-state index contributed by atoms with van der Waals surface area (Å²) in [5, 5.41) is 10.3. The zero-order chi connectivity index (χ0) is 12.9. The summed E-state index contributed by atoms with van der Waals surface area (Å²) in [7, 11) is -2.95. The smallest absolute Gasteiger partial charge is 0.346 e. The minimum atomic E-state index is -2.95. The fourth-order valence-electron chi connectivity index (χ4n) is 1.12. The van der Waals surface area contributed by atoms with Crippen molar-refractivity contribution in [1.82, 2.24) is 0 Å². The maximum absolute atomic E-state index is 11.2. The second kappa shape index (κ2) is 6.02. The van der Waals surface area contributed by atoms with Gasteiger partial charge >= 0.3 is 5.97 Å². The van der Waals surface area contributed by atoms with Crippen LogP contribution in [-0.2, 0) is 9.84 Å². The average molecular weight is 278 g/mol. The first kappa shape index (κ1) is 14.0. The molecular weight excluding hydrogens is 264 g/mol. The second-order valence-electron chi connectivity index (χ2n) is 3.39. The number of aromatic carboxylic acids is 1. The predicted octanol–water partition coefficient (Wildman–Crippen LogP) is 1.65. The Bertz CT molecular complexity index is 475. The molecule has 0 unspecified atom stereocenters. The molecule has 0 spiro atoms. The van der Waals surface area contributed by atoms with Gasteiger partial charge in [-0.2, -0.15) is 0 Å². The van der Waals surface area contributed by atoms with Crippen LogP contribution in [0.4, 0.5) is 0 Å². The van der Waals surface area contributed by atoms with Gasteiger partial charge in [0.2, 0.25) is 0 Å². The normalized spacial score (nSPS) is 11.4. The highest BCUT2D eigenvalue weighted by Gasteiger charge is 2.09. The fourth-order valence-corrected chi connectivity index (χ4v) is 2.63. The van der Waals surface area contributed by atoms with Crippen molar-refractivity contribution in [1.29, 1.82) is 0 Å². The number of carboxylic acids is 1. The molecule has 0 fully saturated rings. The Morgan fingerprint density at radius 2 is 2.24 bits per heavy atom. The van der Waals surface area contributed by atoms with E-state index in [0.717, 1.165) is 11.3 Å². The lowest BCUT2D eigenvalue weighted by molar-refractivity contribution is 0.0702. The molecule has 1 aromatic heterocycles. The second-order valence-corrected chi connectivity index (χ2v) is 6.77. The first-order valence-corrected chi connectivity index (χ1v) is 7.80. The molecule has 0 aliphatic heterocycles. The largest absolute Gasteiger partial charge is 0.493 e. The van der Waals surface area contributed by atoms with Gasteiger partial charge in [0.05, 0.1) is 12.4 Å². The van der Waals surface area contributed by atoms with Crippen LogP contribution in [0.15, 0.2) is 11.4 Å². The molecule has 0 saturated carbocycles. The molecule has 0 aliphatic rings. The first-order chi connectivity index (χ1) is 7.94. The van der Waals surface area contributed by atoms with Gasteiger partial charge in [-0.05, 0) is 6.42 Å². The number of ether oxygens (including phenoxy) is 1. The molecule has 0 atom stereocenters. The Balaban J connectivity index is 2.34. The number of rotatable bonds is 7. The number of hydrogen-bond donors (Lipinski definition) is 1. The van der Waals surface area contributed by atoms with Gasteiger partial charge in [0, 0.05) is 17.2 Å². The van der Waals surface area contributed by atoms with E-state index in [1.165, 1.54) is 6.07 Å². The maximum atomic E-state index is 11.2. The number of sulfone groups is 1. The van der Waals surface area contributed by atoms with E-state index in [9.17, 15) is 13.2 Å². The van der Waals surface area contributed by atoms with E-state index in [1.54, 1.807) is 12.3 Å². The van der Waals surface area contributed by atoms with Crippen LogP contribution in [0.25, 0.3) is 0 Å². The summed E-state index contributed by atoms with van der Waals surface area (Å²) in [6, 6.07) is 1.43. The summed E-state index contributed by atoms with van der Waals surface area (Å²) in [4.78, 5) is 10.8. The van der Waals surface area contributed by atoms with Gasteiger partial charge in [-0.25, -0.2) is 13.2 Å². The molecule has 1 heterocycles. The van der Waals surface area contributed by atoms with Crippen LogP contribution in [0, 0.1) is 0 Å². The van der Waals surface area contributed by atoms with Gasteiger partial charge in [0.15, 0.2) is 0 Å². The zero-order valence-electron chi connectivity index (χ0n) is 9.38. The molecule has 1 aromatic rings. The zero-order valence-corrected chi connectivity index (χ0v) is 11.0. The summed E-state index contributed by atoms with van der Waals surface area (Å²) in [6.45, 7) is 1.88. The lowest BCUT2D eigenvalue weighted by atomic mass is 10.4. The summed E-state index contributed by atoms with van der Waals surface area (Å²) in [5.74, 6) is -0.284. The van der Waals surface area contributed by atoms with Gasteiger partial charge in [0.1, 0.15) is 20.5 Å². The Morgan fingerprint density at radius 1 is 1.53 bits per heavy atom. The number of carboxylic acid groups (broad SMARTS) is 1. The summed E-state index contributed by atoms with van der Waals surface area (Å²) >= 11 is 1.08. The molecule has 5 nitrogen and oxygen atoms in total.